The third kappa shape index (κ3) is 4.82. The lowest BCUT2D eigenvalue weighted by Crippen LogP contribution is -2.74. The number of benzene rings is 6. The van der Waals surface area contributed by atoms with E-state index >= 15 is 0 Å². The van der Waals surface area contributed by atoms with Crippen molar-refractivity contribution in [1.29, 1.82) is 0 Å². The molecule has 0 atom stereocenters. The molecular formula is C49H37N3OSi. The Bertz CT molecular complexity index is 2760. The van der Waals surface area contributed by atoms with Crippen LogP contribution in [0.1, 0.15) is 25.0 Å². The van der Waals surface area contributed by atoms with Gasteiger partial charge in [-0.15, -0.1) is 0 Å². The summed E-state index contributed by atoms with van der Waals surface area (Å²) in [4.78, 5) is 12.1. The normalized spacial score (nSPS) is 13.5. The van der Waals surface area contributed by atoms with Crippen LogP contribution in [0.25, 0.3) is 33.2 Å². The molecular weight excluding hydrogens is 675 g/mol. The zero-order chi connectivity index (χ0) is 36.3. The number of aromatic nitrogens is 2. The van der Waals surface area contributed by atoms with E-state index < -0.39 is 8.07 Å². The molecule has 0 aliphatic carbocycles. The number of hydrogen-bond donors (Lipinski definition) is 0. The molecule has 0 saturated heterocycles. The van der Waals surface area contributed by atoms with Crippen molar-refractivity contribution in [3.05, 3.63) is 199 Å². The van der Waals surface area contributed by atoms with Gasteiger partial charge >= 0.3 is 0 Å². The average molecular weight is 712 g/mol. The molecule has 0 unspecified atom stereocenters. The smallest absolute Gasteiger partial charge is 0.179 e. The van der Waals surface area contributed by atoms with Crippen LogP contribution in [0, 0.1) is 0 Å². The van der Waals surface area contributed by atoms with Gasteiger partial charge in [0.25, 0.3) is 0 Å². The van der Waals surface area contributed by atoms with Crippen LogP contribution in [0.2, 0.25) is 0 Å². The highest BCUT2D eigenvalue weighted by atomic mass is 28.3. The lowest BCUT2D eigenvalue weighted by atomic mass is 9.73. The second kappa shape index (κ2) is 12.5. The van der Waals surface area contributed by atoms with E-state index in [1.807, 2.05) is 30.6 Å². The van der Waals surface area contributed by atoms with Gasteiger partial charge in [0, 0.05) is 39.7 Å². The van der Waals surface area contributed by atoms with E-state index in [-0.39, 0.29) is 5.41 Å². The summed E-state index contributed by atoms with van der Waals surface area (Å²) in [5.41, 5.74) is 8.12. The molecule has 10 rings (SSSR count). The summed E-state index contributed by atoms with van der Waals surface area (Å²) in [7, 11) is -2.95. The van der Waals surface area contributed by atoms with E-state index in [9.17, 15) is 0 Å². The maximum atomic E-state index is 6.74. The number of anilines is 3. The molecule has 0 spiro atoms. The van der Waals surface area contributed by atoms with Crippen molar-refractivity contribution in [1.82, 2.24) is 9.97 Å². The fourth-order valence-electron chi connectivity index (χ4n) is 8.87. The highest BCUT2D eigenvalue weighted by Gasteiger charge is 2.45. The summed E-state index contributed by atoms with van der Waals surface area (Å²) in [5.74, 6) is 0.868. The number of furan rings is 1. The summed E-state index contributed by atoms with van der Waals surface area (Å²) in [5, 5.41) is 7.49. The minimum Gasteiger partial charge on any atom is -0.456 e. The molecule has 0 amide bonds. The van der Waals surface area contributed by atoms with Gasteiger partial charge in [-0.1, -0.05) is 141 Å². The first-order valence-corrected chi connectivity index (χ1v) is 20.5. The van der Waals surface area contributed by atoms with Crippen LogP contribution in [0.5, 0.6) is 0 Å². The first-order chi connectivity index (χ1) is 26.5. The van der Waals surface area contributed by atoms with Gasteiger partial charge in [-0.05, 0) is 74.8 Å². The molecule has 258 valence electrons. The monoisotopic (exact) mass is 711 g/mol. The maximum Gasteiger partial charge on any atom is 0.179 e. The molecule has 0 bridgehead atoms. The van der Waals surface area contributed by atoms with Gasteiger partial charge in [-0.2, -0.15) is 0 Å². The molecule has 3 aromatic heterocycles. The van der Waals surface area contributed by atoms with E-state index in [0.29, 0.717) is 0 Å². The first-order valence-electron chi connectivity index (χ1n) is 18.5. The Morgan fingerprint density at radius 2 is 1.19 bits per heavy atom. The predicted octanol–water partition coefficient (Wildman–Crippen LogP) is 9.53. The predicted molar refractivity (Wildman–Crippen MR) is 225 cm³/mol. The lowest BCUT2D eigenvalue weighted by molar-refractivity contribution is 0.602. The second-order valence-electron chi connectivity index (χ2n) is 14.6. The van der Waals surface area contributed by atoms with E-state index in [0.717, 1.165) is 50.4 Å². The fraction of sp³-hybridized carbons (Fsp3) is 0.0612. The molecule has 1 aliphatic rings. The molecule has 5 heteroatoms. The molecule has 0 N–H and O–H groups in total. The molecule has 0 radical (unpaired) electrons. The van der Waals surface area contributed by atoms with Crippen molar-refractivity contribution >= 4 is 68.0 Å². The Balaban J connectivity index is 1.29. The van der Waals surface area contributed by atoms with Crippen LogP contribution >= 0.6 is 0 Å². The number of fused-ring (bicyclic) bond motifs is 6. The van der Waals surface area contributed by atoms with Gasteiger partial charge in [0.05, 0.1) is 17.1 Å². The third-order valence-electron chi connectivity index (χ3n) is 11.3. The number of para-hydroxylation sites is 1. The highest BCUT2D eigenvalue weighted by molar-refractivity contribution is 7.20. The summed E-state index contributed by atoms with van der Waals surface area (Å²) < 4.78 is 6.74. The topological polar surface area (TPSA) is 42.2 Å². The Hall–Kier alpha value is -6.56. The van der Waals surface area contributed by atoms with Crippen LogP contribution < -0.4 is 25.6 Å². The minimum absolute atomic E-state index is 0.384. The van der Waals surface area contributed by atoms with Crippen LogP contribution in [-0.2, 0) is 5.41 Å². The van der Waals surface area contributed by atoms with Crippen molar-refractivity contribution < 1.29 is 4.42 Å². The summed E-state index contributed by atoms with van der Waals surface area (Å²) in [6.45, 7) is 4.67. The van der Waals surface area contributed by atoms with Crippen molar-refractivity contribution in [2.75, 3.05) is 4.90 Å². The van der Waals surface area contributed by atoms with E-state index in [2.05, 4.69) is 176 Å². The quantitative estimate of drug-likeness (QED) is 0.127. The van der Waals surface area contributed by atoms with Crippen LogP contribution in [0.15, 0.2) is 193 Å². The molecule has 0 fully saturated rings. The molecule has 4 nitrogen and oxygen atoms in total. The molecule has 1 aliphatic heterocycles. The average Bonchev–Trinajstić information content (AvgIpc) is 3.61. The van der Waals surface area contributed by atoms with E-state index in [1.165, 1.54) is 31.9 Å². The lowest BCUT2D eigenvalue weighted by Gasteiger charge is -2.43. The first kappa shape index (κ1) is 32.1. The van der Waals surface area contributed by atoms with E-state index in [4.69, 9.17) is 14.4 Å². The van der Waals surface area contributed by atoms with Gasteiger partial charge in [0.15, 0.2) is 8.07 Å². The Kier molecular flexibility index (Phi) is 7.46. The Labute approximate surface area is 316 Å². The summed E-state index contributed by atoms with van der Waals surface area (Å²) in [6.07, 6.45) is 3.75. The summed E-state index contributed by atoms with van der Waals surface area (Å²) >= 11 is 0. The standard InChI is InChI=1S/C49H37N3OSi/c1-49(2)41-28-26-38(33-44(41)52(46-25-12-14-31-51-46)43-29-27-40-39-22-9-10-24-45(39)53-48(40)47(43)49)54(35-17-5-3-6-18-35,36-19-7-4-8-20-36)37-21-15-16-34(32-37)42-23-11-13-30-50-42/h3-33H,1-2H3. The largest absolute Gasteiger partial charge is 0.456 e. The second-order valence-corrected chi connectivity index (χ2v) is 18.4. The van der Waals surface area contributed by atoms with Gasteiger partial charge in [-0.25, -0.2) is 4.98 Å². The molecule has 0 saturated carbocycles. The van der Waals surface area contributed by atoms with Crippen LogP contribution in [-0.4, -0.2) is 18.0 Å². The van der Waals surface area contributed by atoms with E-state index in [1.54, 1.807) is 0 Å². The maximum absolute atomic E-state index is 6.74. The Morgan fingerprint density at radius 3 is 1.91 bits per heavy atom. The Morgan fingerprint density at radius 1 is 0.519 bits per heavy atom. The van der Waals surface area contributed by atoms with Gasteiger partial charge < -0.3 is 4.42 Å². The minimum atomic E-state index is -2.95. The summed E-state index contributed by atoms with van der Waals surface area (Å²) in [6, 6.07) is 63.7. The van der Waals surface area contributed by atoms with Crippen molar-refractivity contribution in [3.63, 3.8) is 0 Å². The zero-order valence-electron chi connectivity index (χ0n) is 30.1. The molecule has 4 heterocycles. The number of nitrogens with zero attached hydrogens (tertiary/aromatic N) is 3. The van der Waals surface area contributed by atoms with Gasteiger partial charge in [-0.3, -0.25) is 9.88 Å². The van der Waals surface area contributed by atoms with Crippen molar-refractivity contribution in [3.8, 4) is 11.3 Å². The van der Waals surface area contributed by atoms with Gasteiger partial charge in [0.2, 0.25) is 0 Å². The van der Waals surface area contributed by atoms with Gasteiger partial charge in [0.1, 0.15) is 17.0 Å². The van der Waals surface area contributed by atoms with Crippen molar-refractivity contribution in [2.45, 2.75) is 19.3 Å². The number of pyridine rings is 2. The molecule has 9 aromatic rings. The molecule has 6 aromatic carbocycles. The van der Waals surface area contributed by atoms with Crippen LogP contribution in [0.3, 0.4) is 0 Å². The zero-order valence-corrected chi connectivity index (χ0v) is 31.1. The SMILES string of the molecule is CC1(C)c2ccc([Si](c3ccccc3)(c3ccccc3)c3cccc(-c4ccccn4)c3)cc2N(c2ccccn2)c2ccc3c(oc4ccccc43)c21. The third-order valence-corrected chi connectivity index (χ3v) is 16.0. The van der Waals surface area contributed by atoms with Crippen LogP contribution in [0.4, 0.5) is 17.2 Å². The van der Waals surface area contributed by atoms with Crippen molar-refractivity contribution in [2.24, 2.45) is 0 Å². The number of hydrogen-bond acceptors (Lipinski definition) is 4. The fourth-order valence-corrected chi connectivity index (χ4v) is 13.7. The highest BCUT2D eigenvalue weighted by Crippen LogP contribution is 2.54. The molecule has 54 heavy (non-hydrogen) atoms. The number of rotatable bonds is 6.